The van der Waals surface area contributed by atoms with Crippen molar-refractivity contribution in [1.29, 1.82) is 0 Å². The zero-order chi connectivity index (χ0) is 13.8. The van der Waals surface area contributed by atoms with E-state index in [0.29, 0.717) is 12.2 Å². The smallest absolute Gasteiger partial charge is 0.354 e. The van der Waals surface area contributed by atoms with Crippen molar-refractivity contribution in [2.75, 3.05) is 0 Å². The highest BCUT2D eigenvalue weighted by Gasteiger charge is 2.11. The van der Waals surface area contributed by atoms with Gasteiger partial charge < -0.3 is 15.0 Å². The van der Waals surface area contributed by atoms with Crippen LogP contribution < -0.4 is 5.32 Å². The first kappa shape index (κ1) is 13.2. The molecule has 0 aliphatic carbocycles. The van der Waals surface area contributed by atoms with E-state index in [9.17, 15) is 4.79 Å². The highest BCUT2D eigenvalue weighted by atomic mass is 16.4. The number of rotatable bonds is 5. The van der Waals surface area contributed by atoms with Crippen LogP contribution in [0.15, 0.2) is 24.5 Å². The lowest BCUT2D eigenvalue weighted by Gasteiger charge is -2.12. The van der Waals surface area contributed by atoms with Crippen LogP contribution in [0.5, 0.6) is 0 Å². The Hall–Kier alpha value is -2.28. The first-order valence-electron chi connectivity index (χ1n) is 5.84. The number of aromatic carboxylic acids is 1. The van der Waals surface area contributed by atoms with Crippen molar-refractivity contribution < 1.29 is 9.90 Å². The Labute approximate surface area is 110 Å². The monoisotopic (exact) mass is 261 g/mol. The summed E-state index contributed by atoms with van der Waals surface area (Å²) in [5, 5.41) is 19.9. The van der Waals surface area contributed by atoms with Crippen molar-refractivity contribution in [1.82, 2.24) is 25.1 Å². The van der Waals surface area contributed by atoms with Gasteiger partial charge in [-0.15, -0.1) is 10.2 Å². The molecule has 2 rings (SSSR count). The van der Waals surface area contributed by atoms with E-state index in [1.54, 1.807) is 18.5 Å². The predicted molar refractivity (Wildman–Crippen MR) is 67.5 cm³/mol. The number of aromatic nitrogens is 4. The lowest BCUT2D eigenvalue weighted by Crippen LogP contribution is -2.22. The molecule has 0 aliphatic heterocycles. The molecule has 2 aromatic rings. The van der Waals surface area contributed by atoms with Gasteiger partial charge in [0.1, 0.15) is 17.8 Å². The third kappa shape index (κ3) is 3.14. The number of nitrogens with one attached hydrogen (secondary N) is 1. The molecule has 0 aliphatic rings. The minimum Gasteiger partial charge on any atom is -0.477 e. The molecule has 0 spiro atoms. The predicted octanol–water partition coefficient (Wildman–Crippen LogP) is 0.759. The molecule has 0 bridgehead atoms. The van der Waals surface area contributed by atoms with Gasteiger partial charge in [0, 0.05) is 13.6 Å². The molecule has 0 saturated heterocycles. The van der Waals surface area contributed by atoms with E-state index in [1.165, 1.54) is 6.07 Å². The Bertz CT molecular complexity index is 581. The van der Waals surface area contributed by atoms with Gasteiger partial charge in [0.05, 0.1) is 11.7 Å². The summed E-state index contributed by atoms with van der Waals surface area (Å²) in [6, 6.07) is 4.93. The van der Waals surface area contributed by atoms with Crippen molar-refractivity contribution in [3.8, 4) is 0 Å². The summed E-state index contributed by atoms with van der Waals surface area (Å²) >= 11 is 0. The van der Waals surface area contributed by atoms with Crippen molar-refractivity contribution in [3.63, 3.8) is 0 Å². The van der Waals surface area contributed by atoms with Gasteiger partial charge in [-0.1, -0.05) is 6.07 Å². The van der Waals surface area contributed by atoms with Crippen LogP contribution in [0.2, 0.25) is 0 Å². The molecule has 1 atom stereocenters. The van der Waals surface area contributed by atoms with E-state index in [0.717, 1.165) is 5.82 Å². The van der Waals surface area contributed by atoms with E-state index in [2.05, 4.69) is 20.5 Å². The molecule has 0 fully saturated rings. The molecule has 0 saturated carbocycles. The summed E-state index contributed by atoms with van der Waals surface area (Å²) < 4.78 is 1.83. The van der Waals surface area contributed by atoms with E-state index in [4.69, 9.17) is 5.11 Å². The van der Waals surface area contributed by atoms with Crippen molar-refractivity contribution in [3.05, 3.63) is 41.7 Å². The number of hydrogen-bond donors (Lipinski definition) is 2. The maximum atomic E-state index is 10.8. The molecule has 2 N–H and O–H groups in total. The topological polar surface area (TPSA) is 92.9 Å². The molecule has 7 heteroatoms. The van der Waals surface area contributed by atoms with Gasteiger partial charge in [-0.25, -0.2) is 9.78 Å². The largest absolute Gasteiger partial charge is 0.477 e. The lowest BCUT2D eigenvalue weighted by atomic mass is 10.2. The van der Waals surface area contributed by atoms with Gasteiger partial charge in [0.2, 0.25) is 0 Å². The number of carboxylic acid groups (broad SMARTS) is 1. The van der Waals surface area contributed by atoms with Gasteiger partial charge in [-0.05, 0) is 19.1 Å². The summed E-state index contributed by atoms with van der Waals surface area (Å²) in [5.74, 6) is -0.211. The maximum Gasteiger partial charge on any atom is 0.354 e. The van der Waals surface area contributed by atoms with Gasteiger partial charge in [-0.3, -0.25) is 0 Å². The minimum atomic E-state index is -1.02. The van der Waals surface area contributed by atoms with E-state index in [-0.39, 0.29) is 11.7 Å². The van der Waals surface area contributed by atoms with Crippen LogP contribution in [0.1, 0.15) is 35.0 Å². The second kappa shape index (κ2) is 5.57. The second-order valence-electron chi connectivity index (χ2n) is 4.22. The average Bonchev–Trinajstić information content (AvgIpc) is 2.82. The first-order valence-corrected chi connectivity index (χ1v) is 5.84. The zero-order valence-corrected chi connectivity index (χ0v) is 10.7. The van der Waals surface area contributed by atoms with Gasteiger partial charge in [0.25, 0.3) is 0 Å². The summed E-state index contributed by atoms with van der Waals surface area (Å²) in [6.07, 6.45) is 1.64. The maximum absolute atomic E-state index is 10.8. The molecule has 2 heterocycles. The average molecular weight is 261 g/mol. The fourth-order valence-corrected chi connectivity index (χ4v) is 1.73. The standard InChI is InChI=1S/C12H15N5O2/c1-8(11-16-14-7-17(11)2)13-6-9-4-3-5-10(15-9)12(18)19/h3-5,7-8,13H,6H2,1-2H3,(H,18,19). The van der Waals surface area contributed by atoms with Crippen molar-refractivity contribution >= 4 is 5.97 Å². The number of hydrogen-bond acceptors (Lipinski definition) is 5. The first-order chi connectivity index (χ1) is 9.08. The van der Waals surface area contributed by atoms with E-state index in [1.807, 2.05) is 18.5 Å². The molecule has 100 valence electrons. The molecule has 1 unspecified atom stereocenters. The van der Waals surface area contributed by atoms with Crippen LogP contribution in [0.3, 0.4) is 0 Å². The molecular weight excluding hydrogens is 246 g/mol. The molecule has 0 aromatic carbocycles. The van der Waals surface area contributed by atoms with Gasteiger partial charge in [0.15, 0.2) is 0 Å². The molecular formula is C12H15N5O2. The van der Waals surface area contributed by atoms with E-state index >= 15 is 0 Å². The fraction of sp³-hybridized carbons (Fsp3) is 0.333. The number of carbonyl (C=O) groups is 1. The highest BCUT2D eigenvalue weighted by Crippen LogP contribution is 2.08. The van der Waals surface area contributed by atoms with Crippen molar-refractivity contribution in [2.45, 2.75) is 19.5 Å². The molecule has 19 heavy (non-hydrogen) atoms. The Morgan fingerprint density at radius 1 is 1.53 bits per heavy atom. The van der Waals surface area contributed by atoms with Crippen LogP contribution in [0.25, 0.3) is 0 Å². The molecule has 2 aromatic heterocycles. The van der Waals surface area contributed by atoms with Crippen LogP contribution >= 0.6 is 0 Å². The third-order valence-corrected chi connectivity index (χ3v) is 2.75. The van der Waals surface area contributed by atoms with Crippen LogP contribution in [0, 0.1) is 0 Å². The second-order valence-corrected chi connectivity index (χ2v) is 4.22. The SMILES string of the molecule is CC(NCc1cccc(C(=O)O)n1)c1nncn1C. The number of nitrogens with zero attached hydrogens (tertiary/aromatic N) is 4. The zero-order valence-electron chi connectivity index (χ0n) is 10.7. The van der Waals surface area contributed by atoms with Crippen LogP contribution in [-0.4, -0.2) is 30.8 Å². The molecule has 0 radical (unpaired) electrons. The summed E-state index contributed by atoms with van der Waals surface area (Å²) in [7, 11) is 1.87. The van der Waals surface area contributed by atoms with Gasteiger partial charge >= 0.3 is 5.97 Å². The van der Waals surface area contributed by atoms with E-state index < -0.39 is 5.97 Å². The minimum absolute atomic E-state index is 0.00258. The number of carboxylic acids is 1. The molecule has 7 nitrogen and oxygen atoms in total. The Kier molecular flexibility index (Phi) is 3.86. The summed E-state index contributed by atoms with van der Waals surface area (Å²) in [6.45, 7) is 2.43. The highest BCUT2D eigenvalue weighted by molar-refractivity contribution is 5.85. The van der Waals surface area contributed by atoms with Crippen molar-refractivity contribution in [2.24, 2.45) is 7.05 Å². The quantitative estimate of drug-likeness (QED) is 0.825. The third-order valence-electron chi connectivity index (χ3n) is 2.75. The Morgan fingerprint density at radius 2 is 2.32 bits per heavy atom. The lowest BCUT2D eigenvalue weighted by molar-refractivity contribution is 0.0690. The summed E-state index contributed by atoms with van der Waals surface area (Å²) in [5.41, 5.74) is 0.722. The number of pyridine rings is 1. The Balaban J connectivity index is 2.01. The molecule has 0 amide bonds. The Morgan fingerprint density at radius 3 is 2.95 bits per heavy atom. The fourth-order valence-electron chi connectivity index (χ4n) is 1.73. The van der Waals surface area contributed by atoms with Crippen LogP contribution in [0.4, 0.5) is 0 Å². The van der Waals surface area contributed by atoms with Crippen LogP contribution in [-0.2, 0) is 13.6 Å². The number of aryl methyl sites for hydroxylation is 1. The normalized spacial score (nSPS) is 12.3. The van der Waals surface area contributed by atoms with Gasteiger partial charge in [-0.2, -0.15) is 0 Å². The summed E-state index contributed by atoms with van der Waals surface area (Å²) in [4.78, 5) is 14.9.